The molecule has 0 aliphatic heterocycles. The first-order valence-corrected chi connectivity index (χ1v) is 5.77. The predicted molar refractivity (Wildman–Crippen MR) is 59.4 cm³/mol. The van der Waals surface area contributed by atoms with Crippen LogP contribution in [0.25, 0.3) is 0 Å². The Bertz CT molecular complexity index is 357. The van der Waals surface area contributed by atoms with Crippen LogP contribution in [0.1, 0.15) is 55.8 Å². The molecule has 0 unspecified atom stereocenters. The maximum atomic E-state index is 8.80. The summed E-state index contributed by atoms with van der Waals surface area (Å²) in [5.41, 5.74) is 1.67. The smallest absolute Gasteiger partial charge is 0.140 e. The van der Waals surface area contributed by atoms with Gasteiger partial charge >= 0.3 is 0 Å². The molecule has 1 saturated carbocycles. The zero-order valence-corrected chi connectivity index (χ0v) is 8.95. The first kappa shape index (κ1) is 10.2. The first-order valence-electron chi connectivity index (χ1n) is 5.77. The van der Waals surface area contributed by atoms with Gasteiger partial charge in [-0.15, -0.1) is 0 Å². The molecule has 15 heavy (non-hydrogen) atoms. The monoisotopic (exact) mass is 200 g/mol. The second-order valence-electron chi connectivity index (χ2n) is 4.25. The Morgan fingerprint density at radius 3 is 2.53 bits per heavy atom. The SMILES string of the molecule is N#Cc1cccc(C2CCCCCC2)n1. The quantitative estimate of drug-likeness (QED) is 0.651. The standard InChI is InChI=1S/C13H16N2/c14-10-12-8-5-9-13(15-12)11-6-3-1-2-4-7-11/h5,8-9,11H,1-4,6-7H2. The lowest BCUT2D eigenvalue weighted by Crippen LogP contribution is -2.01. The van der Waals surface area contributed by atoms with Crippen LogP contribution >= 0.6 is 0 Å². The van der Waals surface area contributed by atoms with Gasteiger partial charge in [-0.05, 0) is 25.0 Å². The van der Waals surface area contributed by atoms with Gasteiger partial charge in [-0.2, -0.15) is 5.26 Å². The molecule has 1 fully saturated rings. The Morgan fingerprint density at radius 2 is 1.87 bits per heavy atom. The Hall–Kier alpha value is -1.36. The molecule has 0 radical (unpaired) electrons. The summed E-state index contributed by atoms with van der Waals surface area (Å²) in [5.74, 6) is 0.584. The van der Waals surface area contributed by atoms with Crippen LogP contribution in [0, 0.1) is 11.3 Å². The molecule has 0 atom stereocenters. The molecule has 1 heterocycles. The minimum atomic E-state index is 0.553. The molecule has 78 valence electrons. The van der Waals surface area contributed by atoms with Crippen molar-refractivity contribution in [2.75, 3.05) is 0 Å². The summed E-state index contributed by atoms with van der Waals surface area (Å²) < 4.78 is 0. The molecule has 1 aliphatic carbocycles. The zero-order valence-electron chi connectivity index (χ0n) is 8.95. The van der Waals surface area contributed by atoms with Crippen molar-refractivity contribution in [1.29, 1.82) is 5.26 Å². The highest BCUT2D eigenvalue weighted by Gasteiger charge is 2.15. The van der Waals surface area contributed by atoms with Gasteiger partial charge in [0.05, 0.1) is 0 Å². The van der Waals surface area contributed by atoms with Gasteiger partial charge in [-0.1, -0.05) is 31.7 Å². The fraction of sp³-hybridized carbons (Fsp3) is 0.538. The third-order valence-corrected chi connectivity index (χ3v) is 3.16. The third kappa shape index (κ3) is 2.56. The lowest BCUT2D eigenvalue weighted by atomic mass is 9.96. The second-order valence-corrected chi connectivity index (χ2v) is 4.25. The van der Waals surface area contributed by atoms with Gasteiger partial charge in [-0.3, -0.25) is 0 Å². The van der Waals surface area contributed by atoms with E-state index in [2.05, 4.69) is 17.1 Å². The number of hydrogen-bond donors (Lipinski definition) is 0. The Morgan fingerprint density at radius 1 is 1.13 bits per heavy atom. The van der Waals surface area contributed by atoms with Crippen molar-refractivity contribution < 1.29 is 0 Å². The van der Waals surface area contributed by atoms with Crippen molar-refractivity contribution >= 4 is 0 Å². The molecule has 0 N–H and O–H groups in total. The number of pyridine rings is 1. The summed E-state index contributed by atoms with van der Waals surface area (Å²) in [4.78, 5) is 4.40. The van der Waals surface area contributed by atoms with E-state index >= 15 is 0 Å². The van der Waals surface area contributed by atoms with Crippen LogP contribution in [0.5, 0.6) is 0 Å². The van der Waals surface area contributed by atoms with Crippen LogP contribution in [-0.4, -0.2) is 4.98 Å². The summed E-state index contributed by atoms with van der Waals surface area (Å²) in [6.07, 6.45) is 7.80. The molecule has 0 aromatic carbocycles. The van der Waals surface area contributed by atoms with Crippen LogP contribution in [0.3, 0.4) is 0 Å². The maximum Gasteiger partial charge on any atom is 0.140 e. The third-order valence-electron chi connectivity index (χ3n) is 3.16. The molecule has 0 amide bonds. The lowest BCUT2D eigenvalue weighted by Gasteiger charge is -2.12. The molecule has 0 spiro atoms. The number of aromatic nitrogens is 1. The van der Waals surface area contributed by atoms with E-state index in [9.17, 15) is 0 Å². The summed E-state index contributed by atoms with van der Waals surface area (Å²) in [7, 11) is 0. The van der Waals surface area contributed by atoms with Crippen molar-refractivity contribution in [2.45, 2.75) is 44.4 Å². The molecular weight excluding hydrogens is 184 g/mol. The average molecular weight is 200 g/mol. The van der Waals surface area contributed by atoms with Crippen LogP contribution < -0.4 is 0 Å². The zero-order chi connectivity index (χ0) is 10.5. The van der Waals surface area contributed by atoms with Crippen molar-refractivity contribution in [1.82, 2.24) is 4.98 Å². The summed E-state index contributed by atoms with van der Waals surface area (Å²) in [6.45, 7) is 0. The highest BCUT2D eigenvalue weighted by atomic mass is 14.7. The predicted octanol–water partition coefficient (Wildman–Crippen LogP) is 3.39. The van der Waals surface area contributed by atoms with Crippen LogP contribution in [0.2, 0.25) is 0 Å². The number of nitrogens with zero attached hydrogens (tertiary/aromatic N) is 2. The van der Waals surface area contributed by atoms with Gasteiger partial charge in [0.1, 0.15) is 11.8 Å². The highest BCUT2D eigenvalue weighted by molar-refractivity contribution is 5.23. The van der Waals surface area contributed by atoms with E-state index in [1.807, 2.05) is 6.07 Å². The molecule has 1 aromatic heterocycles. The Balaban J connectivity index is 2.16. The fourth-order valence-electron chi connectivity index (χ4n) is 2.32. The molecule has 2 heteroatoms. The topological polar surface area (TPSA) is 36.7 Å². The van der Waals surface area contributed by atoms with Gasteiger partial charge in [0.2, 0.25) is 0 Å². The number of nitriles is 1. The van der Waals surface area contributed by atoms with E-state index in [0.717, 1.165) is 5.69 Å². The highest BCUT2D eigenvalue weighted by Crippen LogP contribution is 2.30. The summed E-state index contributed by atoms with van der Waals surface area (Å²) in [5, 5.41) is 8.80. The largest absolute Gasteiger partial charge is 0.242 e. The maximum absolute atomic E-state index is 8.80. The fourth-order valence-corrected chi connectivity index (χ4v) is 2.32. The Labute approximate surface area is 91.0 Å². The van der Waals surface area contributed by atoms with Gasteiger partial charge < -0.3 is 0 Å². The molecular formula is C13H16N2. The van der Waals surface area contributed by atoms with E-state index in [4.69, 9.17) is 5.26 Å². The molecule has 1 aromatic rings. The van der Waals surface area contributed by atoms with Gasteiger partial charge in [0, 0.05) is 11.6 Å². The second kappa shape index (κ2) is 4.93. The van der Waals surface area contributed by atoms with E-state index in [1.165, 1.54) is 38.5 Å². The summed E-state index contributed by atoms with van der Waals surface area (Å²) in [6, 6.07) is 7.91. The normalized spacial score (nSPS) is 18.1. The van der Waals surface area contributed by atoms with Gasteiger partial charge in [0.25, 0.3) is 0 Å². The number of hydrogen-bond acceptors (Lipinski definition) is 2. The van der Waals surface area contributed by atoms with Crippen molar-refractivity contribution in [3.8, 4) is 6.07 Å². The van der Waals surface area contributed by atoms with Crippen molar-refractivity contribution in [3.63, 3.8) is 0 Å². The number of rotatable bonds is 1. The van der Waals surface area contributed by atoms with E-state index in [0.29, 0.717) is 11.6 Å². The van der Waals surface area contributed by atoms with Gasteiger partial charge in [-0.25, -0.2) is 4.98 Å². The lowest BCUT2D eigenvalue weighted by molar-refractivity contribution is 0.577. The van der Waals surface area contributed by atoms with E-state index < -0.39 is 0 Å². The molecule has 0 saturated heterocycles. The van der Waals surface area contributed by atoms with E-state index in [1.54, 1.807) is 6.07 Å². The van der Waals surface area contributed by atoms with Crippen LogP contribution in [0.4, 0.5) is 0 Å². The molecule has 0 bridgehead atoms. The Kier molecular flexibility index (Phi) is 3.34. The molecule has 1 aliphatic rings. The van der Waals surface area contributed by atoms with Crippen molar-refractivity contribution in [3.05, 3.63) is 29.6 Å². The van der Waals surface area contributed by atoms with Gasteiger partial charge in [0.15, 0.2) is 0 Å². The van der Waals surface area contributed by atoms with Crippen LogP contribution in [0.15, 0.2) is 18.2 Å². The van der Waals surface area contributed by atoms with E-state index in [-0.39, 0.29) is 0 Å². The minimum Gasteiger partial charge on any atom is -0.242 e. The molecule has 2 nitrogen and oxygen atoms in total. The summed E-state index contributed by atoms with van der Waals surface area (Å²) >= 11 is 0. The minimum absolute atomic E-state index is 0.553. The van der Waals surface area contributed by atoms with Crippen LogP contribution in [-0.2, 0) is 0 Å². The average Bonchev–Trinajstić information content (AvgIpc) is 2.58. The van der Waals surface area contributed by atoms with Crippen molar-refractivity contribution in [2.24, 2.45) is 0 Å². The molecule has 2 rings (SSSR count). The first-order chi connectivity index (χ1) is 7.40.